The first-order valence-electron chi connectivity index (χ1n) is 13.4. The van der Waals surface area contributed by atoms with Crippen LogP contribution in [0.15, 0.2) is 134 Å². The molecule has 2 nitrogen and oxygen atoms in total. The summed E-state index contributed by atoms with van der Waals surface area (Å²) in [4.78, 5) is 4.60. The van der Waals surface area contributed by atoms with Crippen molar-refractivity contribution in [1.29, 1.82) is 5.26 Å². The molecule has 1 aliphatic rings. The number of benzene rings is 6. The molecule has 8 rings (SSSR count). The van der Waals surface area contributed by atoms with Crippen molar-refractivity contribution in [2.45, 2.75) is 0 Å². The third-order valence-electron chi connectivity index (χ3n) is 8.14. The summed E-state index contributed by atoms with van der Waals surface area (Å²) in [6.45, 7) is 0. The van der Waals surface area contributed by atoms with E-state index in [-0.39, 0.29) is 0 Å². The molecule has 0 aliphatic heterocycles. The Kier molecular flexibility index (Phi) is 4.92. The molecule has 0 radical (unpaired) electrons. The highest BCUT2D eigenvalue weighted by Gasteiger charge is 2.31. The van der Waals surface area contributed by atoms with E-state index >= 15 is 0 Å². The van der Waals surface area contributed by atoms with Crippen molar-refractivity contribution in [1.82, 2.24) is 4.98 Å². The Hall–Kier alpha value is -5.52. The van der Waals surface area contributed by atoms with E-state index < -0.39 is 0 Å². The number of fused-ring (bicyclic) bond motifs is 4. The molecule has 0 atom stereocenters. The number of pyridine rings is 1. The zero-order valence-electron chi connectivity index (χ0n) is 21.6. The molecule has 6 aromatic carbocycles. The zero-order chi connectivity index (χ0) is 26.6. The van der Waals surface area contributed by atoms with Crippen LogP contribution < -0.4 is 0 Å². The fourth-order valence-corrected chi connectivity index (χ4v) is 6.48. The first-order valence-corrected chi connectivity index (χ1v) is 13.4. The highest BCUT2D eigenvalue weighted by atomic mass is 14.6. The van der Waals surface area contributed by atoms with Crippen LogP contribution in [0.5, 0.6) is 0 Å². The molecule has 0 unspecified atom stereocenters. The van der Waals surface area contributed by atoms with Crippen molar-refractivity contribution in [3.05, 3.63) is 139 Å². The smallest absolute Gasteiger partial charge is 0.0991 e. The van der Waals surface area contributed by atoms with E-state index in [1.165, 1.54) is 66.2 Å². The maximum atomic E-state index is 9.32. The van der Waals surface area contributed by atoms with Crippen LogP contribution in [0.1, 0.15) is 5.56 Å². The Balaban J connectivity index is 1.55. The van der Waals surface area contributed by atoms with Gasteiger partial charge in [-0.05, 0) is 90.0 Å². The van der Waals surface area contributed by atoms with Gasteiger partial charge >= 0.3 is 0 Å². The average molecular weight is 507 g/mol. The van der Waals surface area contributed by atoms with Crippen LogP contribution >= 0.6 is 0 Å². The quantitative estimate of drug-likeness (QED) is 0.239. The lowest BCUT2D eigenvalue weighted by molar-refractivity contribution is 1.36. The number of aromatic nitrogens is 1. The van der Waals surface area contributed by atoms with E-state index in [1.54, 1.807) is 0 Å². The number of hydrogen-bond acceptors (Lipinski definition) is 2. The van der Waals surface area contributed by atoms with Gasteiger partial charge in [0, 0.05) is 17.8 Å². The number of rotatable bonds is 3. The van der Waals surface area contributed by atoms with Crippen LogP contribution in [0, 0.1) is 11.3 Å². The van der Waals surface area contributed by atoms with Gasteiger partial charge in [-0.3, -0.25) is 4.98 Å². The molecule has 2 heteroatoms. The van der Waals surface area contributed by atoms with E-state index in [4.69, 9.17) is 0 Å². The predicted molar refractivity (Wildman–Crippen MR) is 165 cm³/mol. The molecule has 7 aromatic rings. The highest BCUT2D eigenvalue weighted by molar-refractivity contribution is 6.28. The molecule has 1 aromatic heterocycles. The highest BCUT2D eigenvalue weighted by Crippen LogP contribution is 2.58. The minimum absolute atomic E-state index is 0.669. The molecule has 0 amide bonds. The van der Waals surface area contributed by atoms with Gasteiger partial charge in [0.2, 0.25) is 0 Å². The predicted octanol–water partition coefficient (Wildman–Crippen LogP) is 9.91. The van der Waals surface area contributed by atoms with Crippen LogP contribution in [-0.2, 0) is 0 Å². The summed E-state index contributed by atoms with van der Waals surface area (Å²) in [5, 5.41) is 14.2. The Morgan fingerprint density at radius 1 is 0.450 bits per heavy atom. The fraction of sp³-hybridized carbons (Fsp3) is 0. The minimum atomic E-state index is 0.669. The SMILES string of the molecule is N#Cc1ccc(-c2ccc3c4c(cccc24)-c2c-3c(-c3ccccc3)c3cnccc3c2-c2ccccc2)cc1. The van der Waals surface area contributed by atoms with Gasteiger partial charge in [0.05, 0.1) is 11.6 Å². The van der Waals surface area contributed by atoms with Crippen molar-refractivity contribution < 1.29 is 0 Å². The second kappa shape index (κ2) is 8.76. The van der Waals surface area contributed by atoms with Crippen molar-refractivity contribution in [2.75, 3.05) is 0 Å². The lowest BCUT2D eigenvalue weighted by atomic mass is 9.83. The van der Waals surface area contributed by atoms with E-state index in [2.05, 4.69) is 120 Å². The van der Waals surface area contributed by atoms with Crippen molar-refractivity contribution >= 4 is 21.5 Å². The molecule has 0 saturated carbocycles. The monoisotopic (exact) mass is 506 g/mol. The Labute approximate surface area is 232 Å². The molecular formula is C38H22N2. The number of nitrogens with zero attached hydrogens (tertiary/aromatic N) is 2. The van der Waals surface area contributed by atoms with E-state index in [0.29, 0.717) is 5.56 Å². The Morgan fingerprint density at radius 3 is 1.75 bits per heavy atom. The van der Waals surface area contributed by atoms with Crippen molar-refractivity contribution in [3.8, 4) is 61.7 Å². The summed E-state index contributed by atoms with van der Waals surface area (Å²) >= 11 is 0. The van der Waals surface area contributed by atoms with Gasteiger partial charge in [0.15, 0.2) is 0 Å². The Morgan fingerprint density at radius 2 is 1.07 bits per heavy atom. The molecule has 1 heterocycles. The summed E-state index contributed by atoms with van der Waals surface area (Å²) in [5.74, 6) is 0. The fourth-order valence-electron chi connectivity index (χ4n) is 6.48. The maximum Gasteiger partial charge on any atom is 0.0991 e. The molecule has 0 bridgehead atoms. The Bertz CT molecular complexity index is 2040. The second-order valence-electron chi connectivity index (χ2n) is 10.2. The van der Waals surface area contributed by atoms with Crippen LogP contribution in [0.2, 0.25) is 0 Å². The topological polar surface area (TPSA) is 36.7 Å². The lowest BCUT2D eigenvalue weighted by Crippen LogP contribution is -1.94. The summed E-state index contributed by atoms with van der Waals surface area (Å²) in [6.07, 6.45) is 3.93. The second-order valence-corrected chi connectivity index (χ2v) is 10.2. The van der Waals surface area contributed by atoms with E-state index in [0.717, 1.165) is 10.9 Å². The van der Waals surface area contributed by atoms with Gasteiger partial charge in [0.25, 0.3) is 0 Å². The third kappa shape index (κ3) is 3.19. The van der Waals surface area contributed by atoms with E-state index in [1.807, 2.05) is 24.5 Å². The minimum Gasteiger partial charge on any atom is -0.264 e. The van der Waals surface area contributed by atoms with Crippen LogP contribution in [0.4, 0.5) is 0 Å². The van der Waals surface area contributed by atoms with Crippen molar-refractivity contribution in [3.63, 3.8) is 0 Å². The lowest BCUT2D eigenvalue weighted by Gasteiger charge is -2.20. The van der Waals surface area contributed by atoms with E-state index in [9.17, 15) is 5.26 Å². The standard InChI is InChI=1S/C38H22N2/c39-22-24-14-16-25(17-15-24)28-18-19-32-36-29(28)12-7-13-31(36)37-34(26-8-3-1-4-9-26)30-20-21-40-23-33(30)35(38(32)37)27-10-5-2-6-11-27/h1-21,23H. The molecule has 184 valence electrons. The van der Waals surface area contributed by atoms with Crippen LogP contribution in [0.3, 0.4) is 0 Å². The summed E-state index contributed by atoms with van der Waals surface area (Å²) in [5.41, 5.74) is 12.9. The molecule has 1 aliphatic carbocycles. The van der Waals surface area contributed by atoms with Gasteiger partial charge in [0.1, 0.15) is 0 Å². The summed E-state index contributed by atoms with van der Waals surface area (Å²) < 4.78 is 0. The molecule has 40 heavy (non-hydrogen) atoms. The van der Waals surface area contributed by atoms with Gasteiger partial charge in [-0.1, -0.05) is 103 Å². The molecule has 0 saturated heterocycles. The van der Waals surface area contributed by atoms with Crippen LogP contribution in [0.25, 0.3) is 77.2 Å². The summed E-state index contributed by atoms with van der Waals surface area (Å²) in [6, 6.07) is 44.9. The first-order chi connectivity index (χ1) is 19.8. The normalized spacial score (nSPS) is 11.5. The average Bonchev–Trinajstić information content (AvgIpc) is 3.36. The van der Waals surface area contributed by atoms with Gasteiger partial charge in [-0.15, -0.1) is 0 Å². The van der Waals surface area contributed by atoms with Crippen molar-refractivity contribution in [2.24, 2.45) is 0 Å². The summed E-state index contributed by atoms with van der Waals surface area (Å²) in [7, 11) is 0. The third-order valence-corrected chi connectivity index (χ3v) is 8.14. The molecule has 0 N–H and O–H groups in total. The maximum absolute atomic E-state index is 9.32. The largest absolute Gasteiger partial charge is 0.264 e. The van der Waals surface area contributed by atoms with Gasteiger partial charge in [-0.2, -0.15) is 5.26 Å². The molecule has 0 spiro atoms. The van der Waals surface area contributed by atoms with Gasteiger partial charge in [-0.25, -0.2) is 0 Å². The van der Waals surface area contributed by atoms with Gasteiger partial charge < -0.3 is 0 Å². The zero-order valence-corrected chi connectivity index (χ0v) is 21.6. The number of hydrogen-bond donors (Lipinski definition) is 0. The number of nitriles is 1. The van der Waals surface area contributed by atoms with Crippen LogP contribution in [-0.4, -0.2) is 4.98 Å². The first kappa shape index (κ1) is 22.5. The molecule has 0 fully saturated rings. The molecular weight excluding hydrogens is 484 g/mol.